The van der Waals surface area contributed by atoms with Gasteiger partial charge in [-0.25, -0.2) is 0 Å². The Labute approximate surface area is 131 Å². The predicted molar refractivity (Wildman–Crippen MR) is 83.5 cm³/mol. The molecule has 112 valence electrons. The Morgan fingerprint density at radius 2 is 1.95 bits per heavy atom. The molecule has 0 amide bonds. The molecule has 0 aromatic heterocycles. The molecule has 2 unspecified atom stereocenters. The lowest BCUT2D eigenvalue weighted by Crippen LogP contribution is -2.37. The van der Waals surface area contributed by atoms with Crippen molar-refractivity contribution in [1.29, 1.82) is 0 Å². The maximum atomic E-state index is 10.5. The maximum absolute atomic E-state index is 10.5. The van der Waals surface area contributed by atoms with Gasteiger partial charge in [0.1, 0.15) is 0 Å². The van der Waals surface area contributed by atoms with E-state index in [1.165, 1.54) is 19.3 Å². The summed E-state index contributed by atoms with van der Waals surface area (Å²) in [5, 5.41) is 11.6. The van der Waals surface area contributed by atoms with Crippen molar-refractivity contribution in [2.24, 2.45) is 5.92 Å². The van der Waals surface area contributed by atoms with Crippen LogP contribution >= 0.6 is 23.2 Å². The normalized spacial score (nSPS) is 19.8. The van der Waals surface area contributed by atoms with Gasteiger partial charge in [0.05, 0.1) is 22.3 Å². The Balaban J connectivity index is 2.04. The SMILES string of the molecule is COC(C(O)Cc1cccc(Cl)c1Cl)C1CCCCC1. The molecule has 4 heteroatoms. The number of aliphatic hydroxyl groups excluding tert-OH is 1. The summed E-state index contributed by atoms with van der Waals surface area (Å²) in [6.07, 6.45) is 5.85. The zero-order valence-electron chi connectivity index (χ0n) is 11.8. The fourth-order valence-electron chi connectivity index (χ4n) is 3.17. The predicted octanol–water partition coefficient (Wildman–Crippen LogP) is 4.49. The molecular weight excluding hydrogens is 295 g/mol. The zero-order valence-corrected chi connectivity index (χ0v) is 13.3. The highest BCUT2D eigenvalue weighted by Crippen LogP contribution is 2.32. The minimum Gasteiger partial charge on any atom is -0.390 e. The first kappa shape index (κ1) is 16.1. The first-order chi connectivity index (χ1) is 9.63. The van der Waals surface area contributed by atoms with E-state index in [0.717, 1.165) is 18.4 Å². The molecule has 0 aliphatic heterocycles. The van der Waals surface area contributed by atoms with Gasteiger partial charge in [0, 0.05) is 13.5 Å². The minimum absolute atomic E-state index is 0.120. The molecule has 20 heavy (non-hydrogen) atoms. The van der Waals surface area contributed by atoms with Gasteiger partial charge in [0.25, 0.3) is 0 Å². The second-order valence-electron chi connectivity index (χ2n) is 5.58. The van der Waals surface area contributed by atoms with Crippen LogP contribution in [0.5, 0.6) is 0 Å². The summed E-state index contributed by atoms with van der Waals surface area (Å²) in [5.41, 5.74) is 0.879. The van der Waals surface area contributed by atoms with Gasteiger partial charge in [0.15, 0.2) is 0 Å². The lowest BCUT2D eigenvalue weighted by molar-refractivity contribution is -0.0535. The van der Waals surface area contributed by atoms with Crippen LogP contribution in [0.4, 0.5) is 0 Å². The maximum Gasteiger partial charge on any atom is 0.0861 e. The summed E-state index contributed by atoms with van der Waals surface area (Å²) in [4.78, 5) is 0. The molecule has 1 aromatic carbocycles. The zero-order chi connectivity index (χ0) is 14.5. The first-order valence-corrected chi connectivity index (χ1v) is 8.03. The third kappa shape index (κ3) is 3.88. The smallest absolute Gasteiger partial charge is 0.0861 e. The average molecular weight is 317 g/mol. The monoisotopic (exact) mass is 316 g/mol. The molecule has 0 radical (unpaired) electrons. The van der Waals surface area contributed by atoms with Crippen molar-refractivity contribution in [2.75, 3.05) is 7.11 Å². The molecule has 2 atom stereocenters. The third-order valence-electron chi connectivity index (χ3n) is 4.23. The number of rotatable bonds is 5. The van der Waals surface area contributed by atoms with Gasteiger partial charge >= 0.3 is 0 Å². The lowest BCUT2D eigenvalue weighted by Gasteiger charge is -2.32. The van der Waals surface area contributed by atoms with E-state index in [4.69, 9.17) is 27.9 Å². The molecule has 0 heterocycles. The summed E-state index contributed by atoms with van der Waals surface area (Å²) in [6.45, 7) is 0. The number of benzene rings is 1. The van der Waals surface area contributed by atoms with Crippen molar-refractivity contribution in [3.8, 4) is 0 Å². The highest BCUT2D eigenvalue weighted by Gasteiger charge is 2.30. The van der Waals surface area contributed by atoms with Gasteiger partial charge in [0.2, 0.25) is 0 Å². The van der Waals surface area contributed by atoms with E-state index in [-0.39, 0.29) is 6.10 Å². The number of hydrogen-bond acceptors (Lipinski definition) is 2. The van der Waals surface area contributed by atoms with E-state index >= 15 is 0 Å². The van der Waals surface area contributed by atoms with Crippen molar-refractivity contribution in [3.63, 3.8) is 0 Å². The lowest BCUT2D eigenvalue weighted by atomic mass is 9.82. The van der Waals surface area contributed by atoms with Crippen LogP contribution in [-0.2, 0) is 11.2 Å². The highest BCUT2D eigenvalue weighted by molar-refractivity contribution is 6.42. The van der Waals surface area contributed by atoms with E-state index in [1.807, 2.05) is 12.1 Å². The number of halogens is 2. The molecule has 2 nitrogen and oxygen atoms in total. The van der Waals surface area contributed by atoms with E-state index in [2.05, 4.69) is 0 Å². The first-order valence-electron chi connectivity index (χ1n) is 7.27. The third-order valence-corrected chi connectivity index (χ3v) is 5.08. The van der Waals surface area contributed by atoms with Crippen molar-refractivity contribution in [3.05, 3.63) is 33.8 Å². The summed E-state index contributed by atoms with van der Waals surface area (Å²) in [6, 6.07) is 5.53. The topological polar surface area (TPSA) is 29.5 Å². The molecule has 1 fully saturated rings. The van der Waals surface area contributed by atoms with Gasteiger partial charge in [-0.1, -0.05) is 54.6 Å². The van der Waals surface area contributed by atoms with Gasteiger partial charge in [-0.05, 0) is 30.4 Å². The molecule has 1 aromatic rings. The minimum atomic E-state index is -0.543. The largest absolute Gasteiger partial charge is 0.390 e. The van der Waals surface area contributed by atoms with Crippen LogP contribution < -0.4 is 0 Å². The Hall–Kier alpha value is -0.280. The van der Waals surface area contributed by atoms with Crippen LogP contribution in [0.25, 0.3) is 0 Å². The number of ether oxygens (including phenoxy) is 1. The fraction of sp³-hybridized carbons (Fsp3) is 0.625. The molecule has 2 rings (SSSR count). The van der Waals surface area contributed by atoms with E-state index < -0.39 is 6.10 Å². The highest BCUT2D eigenvalue weighted by atomic mass is 35.5. The molecule has 1 aliphatic carbocycles. The van der Waals surface area contributed by atoms with Gasteiger partial charge in [-0.15, -0.1) is 0 Å². The van der Waals surface area contributed by atoms with Crippen LogP contribution in [-0.4, -0.2) is 24.4 Å². The Bertz CT molecular complexity index is 430. The van der Waals surface area contributed by atoms with Crippen LogP contribution in [0, 0.1) is 5.92 Å². The van der Waals surface area contributed by atoms with Crippen molar-refractivity contribution >= 4 is 23.2 Å². The van der Waals surface area contributed by atoms with E-state index in [9.17, 15) is 5.11 Å². The summed E-state index contributed by atoms with van der Waals surface area (Å²) in [5.74, 6) is 0.446. The molecule has 0 spiro atoms. The summed E-state index contributed by atoms with van der Waals surface area (Å²) in [7, 11) is 1.68. The van der Waals surface area contributed by atoms with Crippen molar-refractivity contribution < 1.29 is 9.84 Å². The number of hydrogen-bond donors (Lipinski definition) is 1. The average Bonchev–Trinajstić information content (AvgIpc) is 2.46. The van der Waals surface area contributed by atoms with Gasteiger partial charge in [-0.2, -0.15) is 0 Å². The Kier molecular flexibility index (Phi) is 6.16. The molecule has 1 aliphatic rings. The van der Waals surface area contributed by atoms with Crippen LogP contribution in [0.3, 0.4) is 0 Å². The summed E-state index contributed by atoms with van der Waals surface area (Å²) >= 11 is 12.2. The fourth-order valence-corrected chi connectivity index (χ4v) is 3.57. The molecule has 0 bridgehead atoms. The summed E-state index contributed by atoms with van der Waals surface area (Å²) < 4.78 is 5.57. The number of methoxy groups -OCH3 is 1. The standard InChI is InChI=1S/C16H22Cl2O2/c1-20-16(11-6-3-2-4-7-11)14(19)10-12-8-5-9-13(17)15(12)18/h5,8-9,11,14,16,19H,2-4,6-7,10H2,1H3. The number of aliphatic hydroxyl groups is 1. The van der Waals surface area contributed by atoms with Crippen molar-refractivity contribution in [2.45, 2.75) is 50.7 Å². The quantitative estimate of drug-likeness (QED) is 0.867. The Morgan fingerprint density at radius 1 is 1.25 bits per heavy atom. The van der Waals surface area contributed by atoms with Crippen LogP contribution in [0.1, 0.15) is 37.7 Å². The molecule has 1 N–H and O–H groups in total. The van der Waals surface area contributed by atoms with Crippen LogP contribution in [0.2, 0.25) is 10.0 Å². The van der Waals surface area contributed by atoms with E-state index in [0.29, 0.717) is 22.4 Å². The van der Waals surface area contributed by atoms with Crippen LogP contribution in [0.15, 0.2) is 18.2 Å². The molecule has 0 saturated heterocycles. The van der Waals surface area contributed by atoms with Gasteiger partial charge in [-0.3, -0.25) is 0 Å². The second-order valence-corrected chi connectivity index (χ2v) is 6.37. The molecule has 1 saturated carbocycles. The Morgan fingerprint density at radius 3 is 2.60 bits per heavy atom. The molecular formula is C16H22Cl2O2. The van der Waals surface area contributed by atoms with E-state index in [1.54, 1.807) is 13.2 Å². The van der Waals surface area contributed by atoms with Gasteiger partial charge < -0.3 is 9.84 Å². The second kappa shape index (κ2) is 7.65. The van der Waals surface area contributed by atoms with Crippen molar-refractivity contribution in [1.82, 2.24) is 0 Å².